The monoisotopic (exact) mass is 790 g/mol. The smallest absolute Gasteiger partial charge is 0.326 e. The summed E-state index contributed by atoms with van der Waals surface area (Å²) in [5.74, 6) is -3.59. The van der Waals surface area contributed by atoms with Gasteiger partial charge in [-0.15, -0.1) is 0 Å². The Morgan fingerprint density at radius 3 is 2.22 bits per heavy atom. The van der Waals surface area contributed by atoms with E-state index in [0.717, 1.165) is 25.5 Å². The summed E-state index contributed by atoms with van der Waals surface area (Å²) in [4.78, 5) is 72.2. The Labute approximate surface area is 298 Å². The van der Waals surface area contributed by atoms with Crippen LogP contribution in [0.4, 0.5) is 4.79 Å². The Bertz CT molecular complexity index is 1630. The lowest BCUT2D eigenvalue weighted by molar-refractivity contribution is -0.141. The normalized spacial score (nSPS) is 13.5. The van der Waals surface area contributed by atoms with E-state index in [1.54, 1.807) is 0 Å². The number of halogens is 1. The first kappa shape index (κ1) is 37.1. The third-order valence-electron chi connectivity index (χ3n) is 7.51. The molecule has 3 rings (SSSR count). The van der Waals surface area contributed by atoms with Gasteiger partial charge in [-0.25, -0.2) is 9.59 Å². The maximum atomic E-state index is 13.4. The zero-order valence-electron chi connectivity index (χ0n) is 27.5. The van der Waals surface area contributed by atoms with Gasteiger partial charge in [-0.05, 0) is 82.3 Å². The fourth-order valence-corrected chi connectivity index (χ4v) is 5.29. The number of ether oxygens (including phenoxy) is 1. The van der Waals surface area contributed by atoms with E-state index in [1.807, 2.05) is 66.7 Å². The minimum absolute atomic E-state index is 0.127. The molecule has 0 aromatic heterocycles. The number of amides is 4. The highest BCUT2D eigenvalue weighted by atomic mass is 127. The third kappa shape index (κ3) is 13.7. The van der Waals surface area contributed by atoms with Crippen LogP contribution in [0.1, 0.15) is 43.2 Å². The molecule has 4 atom stereocenters. The summed E-state index contributed by atoms with van der Waals surface area (Å²) >= 11 is 2.18. The highest BCUT2D eigenvalue weighted by Crippen LogP contribution is 2.17. The van der Waals surface area contributed by atoms with Crippen molar-refractivity contribution in [3.8, 4) is 0 Å². The highest BCUT2D eigenvalue weighted by Gasteiger charge is 2.25. The van der Waals surface area contributed by atoms with Gasteiger partial charge in [-0.2, -0.15) is 0 Å². The van der Waals surface area contributed by atoms with Gasteiger partial charge in [0, 0.05) is 29.4 Å². The summed E-state index contributed by atoms with van der Waals surface area (Å²) in [7, 11) is 0. The second-order valence-corrected chi connectivity index (χ2v) is 12.5. The Morgan fingerprint density at radius 2 is 1.55 bits per heavy atom. The van der Waals surface area contributed by atoms with E-state index < -0.39 is 60.6 Å². The molecule has 0 aliphatic heterocycles. The molecule has 0 radical (unpaired) electrons. The zero-order chi connectivity index (χ0) is 36.5. The summed E-state index contributed by atoms with van der Waals surface area (Å²) in [6.07, 6.45) is -0.611. The largest absolute Gasteiger partial charge is 0.481 e. The molecular formula is C34H40IN5O9. The number of hydrogen-bond donors (Lipinski definition) is 7. The number of nitrogens with one attached hydrogen (secondary N) is 4. The van der Waals surface area contributed by atoms with Crippen molar-refractivity contribution < 1.29 is 45.1 Å². The molecule has 4 amide bonds. The Balaban J connectivity index is 1.59. The number of nitrogens with two attached hydrogens (primary N) is 1. The SMILES string of the molecule is [2H]N[C@@H](Cc1ccc(I)cc1)C(=O)N[C@@H](Cc1ccc2ccccc2c1)C(=O)NCCCC[C@H](NC(=O)N[C@@H](CCC(=O)O)C(=O)O)OC=O. The molecule has 15 heteroatoms. The topological polar surface area (TPSA) is 226 Å². The molecule has 0 aliphatic rings. The van der Waals surface area contributed by atoms with Crippen LogP contribution in [-0.4, -0.2) is 77.4 Å². The van der Waals surface area contributed by atoms with Gasteiger partial charge in [0.15, 0.2) is 6.23 Å². The minimum Gasteiger partial charge on any atom is -0.481 e. The molecule has 0 heterocycles. The van der Waals surface area contributed by atoms with Crippen LogP contribution in [0.2, 0.25) is 1.41 Å². The number of hydrogen-bond acceptors (Lipinski definition) is 8. The number of urea groups is 1. The van der Waals surface area contributed by atoms with Crippen LogP contribution in [0, 0.1) is 3.57 Å². The molecule has 3 aromatic carbocycles. The molecule has 8 N–H and O–H groups in total. The Morgan fingerprint density at radius 1 is 0.837 bits per heavy atom. The van der Waals surface area contributed by atoms with Gasteiger partial charge < -0.3 is 41.9 Å². The van der Waals surface area contributed by atoms with Crippen LogP contribution >= 0.6 is 22.6 Å². The predicted molar refractivity (Wildman–Crippen MR) is 188 cm³/mol. The van der Waals surface area contributed by atoms with Crippen molar-refractivity contribution in [3.63, 3.8) is 0 Å². The van der Waals surface area contributed by atoms with Gasteiger partial charge in [0.2, 0.25) is 11.8 Å². The lowest BCUT2D eigenvalue weighted by atomic mass is 10.00. The summed E-state index contributed by atoms with van der Waals surface area (Å²) in [5, 5.41) is 30.2. The van der Waals surface area contributed by atoms with Gasteiger partial charge in [0.1, 0.15) is 13.5 Å². The van der Waals surface area contributed by atoms with E-state index in [4.69, 9.17) is 11.3 Å². The van der Waals surface area contributed by atoms with Crippen LogP contribution in [0.5, 0.6) is 0 Å². The molecule has 3 aromatic rings. The molecule has 0 fully saturated rings. The number of carbonyl (C=O) groups excluding carboxylic acids is 4. The second kappa shape index (κ2) is 19.9. The van der Waals surface area contributed by atoms with Crippen molar-refractivity contribution >= 4 is 69.6 Å². The predicted octanol–water partition coefficient (Wildman–Crippen LogP) is 2.44. The maximum Gasteiger partial charge on any atom is 0.326 e. The molecule has 0 aliphatic carbocycles. The van der Waals surface area contributed by atoms with E-state index >= 15 is 0 Å². The van der Waals surface area contributed by atoms with E-state index in [1.165, 1.54) is 0 Å². The summed E-state index contributed by atoms with van der Waals surface area (Å²) in [5.41, 5.74) is 3.97. The molecule has 262 valence electrons. The lowest BCUT2D eigenvalue weighted by Crippen LogP contribution is -2.53. The van der Waals surface area contributed by atoms with Gasteiger partial charge in [0.25, 0.3) is 6.47 Å². The average molecular weight is 791 g/mol. The lowest BCUT2D eigenvalue weighted by Gasteiger charge is -2.22. The number of carboxylic acid groups (broad SMARTS) is 2. The average Bonchev–Trinajstić information content (AvgIpc) is 3.08. The third-order valence-corrected chi connectivity index (χ3v) is 8.23. The van der Waals surface area contributed by atoms with Crippen molar-refractivity contribution in [2.24, 2.45) is 5.73 Å². The number of benzene rings is 3. The number of rotatable bonds is 21. The summed E-state index contributed by atoms with van der Waals surface area (Å²) in [6, 6.07) is 16.8. The van der Waals surface area contributed by atoms with E-state index in [9.17, 15) is 33.9 Å². The summed E-state index contributed by atoms with van der Waals surface area (Å²) < 4.78 is 13.7. The molecular weight excluding hydrogens is 749 g/mol. The number of fused-ring (bicyclic) bond motifs is 1. The molecule has 0 spiro atoms. The number of carbonyl (C=O) groups is 6. The first-order valence-electron chi connectivity index (χ1n) is 16.1. The van der Waals surface area contributed by atoms with Crippen LogP contribution in [0.3, 0.4) is 0 Å². The van der Waals surface area contributed by atoms with Gasteiger partial charge >= 0.3 is 18.0 Å². The first-order chi connectivity index (χ1) is 24.0. The van der Waals surface area contributed by atoms with E-state index in [0.29, 0.717) is 12.8 Å². The van der Waals surface area contributed by atoms with Crippen molar-refractivity contribution in [2.45, 2.75) is 69.3 Å². The minimum atomic E-state index is -1.46. The fourth-order valence-electron chi connectivity index (χ4n) is 4.93. The van der Waals surface area contributed by atoms with Crippen molar-refractivity contribution in [2.75, 3.05) is 6.54 Å². The van der Waals surface area contributed by atoms with E-state index in [2.05, 4.69) is 49.6 Å². The molecule has 0 bridgehead atoms. The van der Waals surface area contributed by atoms with Crippen molar-refractivity contribution in [3.05, 3.63) is 81.4 Å². The zero-order valence-corrected chi connectivity index (χ0v) is 28.7. The number of carboxylic acids is 2. The van der Waals surface area contributed by atoms with Crippen LogP contribution in [-0.2, 0) is 41.6 Å². The quantitative estimate of drug-likeness (QED) is 0.0361. The Hall–Kier alpha value is -4.77. The Kier molecular flexibility index (Phi) is 15.1. The first-order valence-corrected chi connectivity index (χ1v) is 16.6. The van der Waals surface area contributed by atoms with Crippen LogP contribution in [0.25, 0.3) is 10.8 Å². The van der Waals surface area contributed by atoms with Gasteiger partial charge in [-0.3, -0.25) is 19.2 Å². The number of unbranched alkanes of at least 4 members (excludes halogenated alkanes) is 1. The summed E-state index contributed by atoms with van der Waals surface area (Å²) in [6.45, 7) is 0.311. The molecule has 0 saturated heterocycles. The fraction of sp³-hybridized carbons (Fsp3) is 0.353. The van der Waals surface area contributed by atoms with Crippen molar-refractivity contribution in [1.82, 2.24) is 21.3 Å². The molecule has 14 nitrogen and oxygen atoms in total. The van der Waals surface area contributed by atoms with E-state index in [-0.39, 0.29) is 38.7 Å². The molecule has 0 unspecified atom stereocenters. The van der Waals surface area contributed by atoms with Crippen LogP contribution < -0.4 is 27.0 Å². The maximum absolute atomic E-state index is 13.4. The second-order valence-electron chi connectivity index (χ2n) is 11.3. The standard InChI is InChI=1S/C34H40IN5O9/c35-25-12-9-21(10-13-25)18-26(36)31(44)38-28(19-22-8-11-23-5-1-2-6-24(23)17-22)32(45)37-16-4-3-7-29(49-20-41)40-34(48)39-27(33(46)47)14-15-30(42)43/h1-2,5-6,8-13,17,20,26-29H,3-4,7,14-16,18-19,36H2,(H,37,45)(H,38,44)(H,42,43)(H,46,47)(H2,39,40,48)/t26-,27-,28-,29+/m0/s1/i/hD. The van der Waals surface area contributed by atoms with Gasteiger partial charge in [0.05, 0.1) is 6.04 Å². The van der Waals surface area contributed by atoms with Crippen LogP contribution in [0.15, 0.2) is 66.7 Å². The molecule has 49 heavy (non-hydrogen) atoms. The van der Waals surface area contributed by atoms with Crippen molar-refractivity contribution in [1.29, 1.82) is 0 Å². The molecule has 0 saturated carbocycles. The highest BCUT2D eigenvalue weighted by molar-refractivity contribution is 14.1. The van der Waals surface area contributed by atoms with Gasteiger partial charge in [-0.1, -0.05) is 54.6 Å². The number of aliphatic carboxylic acids is 2.